The fourth-order valence-electron chi connectivity index (χ4n) is 2.19. The van der Waals surface area contributed by atoms with Gasteiger partial charge in [0, 0.05) is 0 Å². The molecule has 0 bridgehead atoms. The van der Waals surface area contributed by atoms with Crippen molar-refractivity contribution in [1.82, 2.24) is 0 Å². The predicted octanol–water partition coefficient (Wildman–Crippen LogP) is 5.62. The minimum absolute atomic E-state index is 0.881. The first kappa shape index (κ1) is 15.0. The van der Waals surface area contributed by atoms with Crippen LogP contribution in [0.5, 0.6) is 0 Å². The minimum atomic E-state index is 0.881. The van der Waals surface area contributed by atoms with Crippen LogP contribution in [0, 0.1) is 18.3 Å². The molecule has 91 valence electrons. The molecule has 0 saturated carbocycles. The molecule has 0 spiro atoms. The van der Waals surface area contributed by atoms with Gasteiger partial charge in [0.2, 0.25) is 0 Å². The largest absolute Gasteiger partial charge is 0.0654 e. The first-order valence-electron chi connectivity index (χ1n) is 7.13. The van der Waals surface area contributed by atoms with Crippen molar-refractivity contribution in [2.75, 3.05) is 0 Å². The summed E-state index contributed by atoms with van der Waals surface area (Å²) in [6.07, 6.45) is 13.6. The molecule has 0 aromatic rings. The molecule has 0 rings (SSSR count). The molecule has 0 heteroatoms. The monoisotopic (exact) mass is 211 g/mol. The lowest BCUT2D eigenvalue weighted by atomic mass is 9.85. The van der Waals surface area contributed by atoms with Gasteiger partial charge in [0.05, 0.1) is 0 Å². The summed E-state index contributed by atoms with van der Waals surface area (Å²) in [5.41, 5.74) is 0. The number of hydrogen-bond donors (Lipinski definition) is 0. The molecule has 0 aliphatic rings. The molecule has 2 unspecified atom stereocenters. The first-order valence-corrected chi connectivity index (χ1v) is 7.13. The second-order valence-electron chi connectivity index (χ2n) is 4.81. The Morgan fingerprint density at radius 2 is 1.13 bits per heavy atom. The zero-order valence-corrected chi connectivity index (χ0v) is 11.4. The summed E-state index contributed by atoms with van der Waals surface area (Å²) in [6, 6.07) is 0. The number of unbranched alkanes of at least 4 members (excludes halogenated alkanes) is 2. The summed E-state index contributed by atoms with van der Waals surface area (Å²) >= 11 is 0. The average Bonchev–Trinajstić information content (AvgIpc) is 2.28. The average molecular weight is 211 g/mol. The molecule has 0 aliphatic heterocycles. The van der Waals surface area contributed by atoms with E-state index in [1.165, 1.54) is 51.4 Å². The molecule has 0 aromatic carbocycles. The molecular weight excluding hydrogens is 180 g/mol. The van der Waals surface area contributed by atoms with Crippen molar-refractivity contribution < 1.29 is 0 Å². The van der Waals surface area contributed by atoms with Crippen LogP contribution in [0.1, 0.15) is 79.1 Å². The molecule has 0 saturated heterocycles. The second kappa shape index (κ2) is 10.5. The van der Waals surface area contributed by atoms with Crippen molar-refractivity contribution in [3.05, 3.63) is 6.42 Å². The Bertz CT molecular complexity index is 103. The highest BCUT2D eigenvalue weighted by Crippen LogP contribution is 2.25. The maximum Gasteiger partial charge on any atom is -0.0324 e. The molecule has 0 amide bonds. The third-order valence-electron chi connectivity index (χ3n) is 3.45. The van der Waals surface area contributed by atoms with Gasteiger partial charge >= 0.3 is 0 Å². The standard InChI is InChI=1S/C15H31/c1-5-9-11-14(7-3)13-15(8-4)12-10-6-2/h13-15H,5-12H2,1-4H3. The van der Waals surface area contributed by atoms with Gasteiger partial charge in [-0.25, -0.2) is 0 Å². The van der Waals surface area contributed by atoms with E-state index in [1.54, 1.807) is 0 Å². The Kier molecular flexibility index (Phi) is 10.5. The van der Waals surface area contributed by atoms with Crippen LogP contribution in [-0.4, -0.2) is 0 Å². The third-order valence-corrected chi connectivity index (χ3v) is 3.45. The predicted molar refractivity (Wildman–Crippen MR) is 70.9 cm³/mol. The van der Waals surface area contributed by atoms with Crippen molar-refractivity contribution in [1.29, 1.82) is 0 Å². The highest BCUT2D eigenvalue weighted by molar-refractivity contribution is 4.82. The molecule has 1 radical (unpaired) electrons. The van der Waals surface area contributed by atoms with Gasteiger partial charge < -0.3 is 0 Å². The van der Waals surface area contributed by atoms with Gasteiger partial charge in [-0.15, -0.1) is 0 Å². The fourth-order valence-corrected chi connectivity index (χ4v) is 2.19. The van der Waals surface area contributed by atoms with Gasteiger partial charge in [-0.1, -0.05) is 79.1 Å². The maximum atomic E-state index is 2.66. The molecule has 0 N–H and O–H groups in total. The Labute approximate surface area is 97.8 Å². The summed E-state index contributed by atoms with van der Waals surface area (Å²) in [6.45, 7) is 9.26. The van der Waals surface area contributed by atoms with E-state index in [0.717, 1.165) is 11.8 Å². The molecule has 0 aliphatic carbocycles. The van der Waals surface area contributed by atoms with E-state index in [9.17, 15) is 0 Å². The normalized spacial score (nSPS) is 15.2. The van der Waals surface area contributed by atoms with Crippen LogP contribution in [0.15, 0.2) is 0 Å². The van der Waals surface area contributed by atoms with E-state index in [2.05, 4.69) is 34.1 Å². The lowest BCUT2D eigenvalue weighted by molar-refractivity contribution is 0.408. The molecule has 2 atom stereocenters. The zero-order chi connectivity index (χ0) is 11.5. The SMILES string of the molecule is CCCCC([CH]C(CC)CCCC)CC. The van der Waals surface area contributed by atoms with E-state index in [1.807, 2.05) is 0 Å². The van der Waals surface area contributed by atoms with E-state index in [4.69, 9.17) is 0 Å². The summed E-state index contributed by atoms with van der Waals surface area (Å²) < 4.78 is 0. The van der Waals surface area contributed by atoms with Gasteiger partial charge in [0.15, 0.2) is 0 Å². The fraction of sp³-hybridized carbons (Fsp3) is 0.933. The van der Waals surface area contributed by atoms with Gasteiger partial charge in [-0.3, -0.25) is 0 Å². The quantitative estimate of drug-likeness (QED) is 0.440. The van der Waals surface area contributed by atoms with Crippen LogP contribution in [0.4, 0.5) is 0 Å². The second-order valence-corrected chi connectivity index (χ2v) is 4.81. The smallest absolute Gasteiger partial charge is 0.0324 e. The Morgan fingerprint density at radius 3 is 1.40 bits per heavy atom. The van der Waals surface area contributed by atoms with Crippen LogP contribution in [-0.2, 0) is 0 Å². The van der Waals surface area contributed by atoms with Crippen LogP contribution >= 0.6 is 0 Å². The number of rotatable bonds is 10. The third kappa shape index (κ3) is 7.88. The zero-order valence-electron chi connectivity index (χ0n) is 11.4. The van der Waals surface area contributed by atoms with E-state index >= 15 is 0 Å². The van der Waals surface area contributed by atoms with Gasteiger partial charge in [0.25, 0.3) is 0 Å². The topological polar surface area (TPSA) is 0 Å². The number of hydrogen-bond acceptors (Lipinski definition) is 0. The van der Waals surface area contributed by atoms with E-state index in [-0.39, 0.29) is 0 Å². The van der Waals surface area contributed by atoms with Crippen molar-refractivity contribution in [2.45, 2.75) is 79.1 Å². The summed E-state index contributed by atoms with van der Waals surface area (Å²) in [5.74, 6) is 1.76. The minimum Gasteiger partial charge on any atom is -0.0654 e. The molecule has 15 heavy (non-hydrogen) atoms. The molecule has 0 heterocycles. The molecule has 0 fully saturated rings. The molecular formula is C15H31. The summed E-state index contributed by atoms with van der Waals surface area (Å²) in [5, 5.41) is 0. The first-order chi connectivity index (χ1) is 7.28. The van der Waals surface area contributed by atoms with Gasteiger partial charge in [-0.05, 0) is 18.3 Å². The van der Waals surface area contributed by atoms with Crippen LogP contribution in [0.2, 0.25) is 0 Å². The highest BCUT2D eigenvalue weighted by atomic mass is 14.2. The van der Waals surface area contributed by atoms with Crippen LogP contribution < -0.4 is 0 Å². The maximum absolute atomic E-state index is 2.66. The highest BCUT2D eigenvalue weighted by Gasteiger charge is 2.13. The van der Waals surface area contributed by atoms with Crippen LogP contribution in [0.25, 0.3) is 0 Å². The van der Waals surface area contributed by atoms with E-state index < -0.39 is 0 Å². The lowest BCUT2D eigenvalue weighted by Gasteiger charge is -2.21. The molecule has 0 nitrogen and oxygen atoms in total. The van der Waals surface area contributed by atoms with Gasteiger partial charge in [0.1, 0.15) is 0 Å². The Morgan fingerprint density at radius 1 is 0.733 bits per heavy atom. The Balaban J connectivity index is 3.77. The summed E-state index contributed by atoms with van der Waals surface area (Å²) in [7, 11) is 0. The summed E-state index contributed by atoms with van der Waals surface area (Å²) in [4.78, 5) is 0. The van der Waals surface area contributed by atoms with Crippen molar-refractivity contribution in [2.24, 2.45) is 11.8 Å². The Hall–Kier alpha value is 0. The van der Waals surface area contributed by atoms with E-state index in [0.29, 0.717) is 0 Å². The van der Waals surface area contributed by atoms with Crippen molar-refractivity contribution >= 4 is 0 Å². The van der Waals surface area contributed by atoms with Gasteiger partial charge in [-0.2, -0.15) is 0 Å². The van der Waals surface area contributed by atoms with Crippen LogP contribution in [0.3, 0.4) is 0 Å². The molecule has 0 aromatic heterocycles. The van der Waals surface area contributed by atoms with Crippen molar-refractivity contribution in [3.63, 3.8) is 0 Å². The lowest BCUT2D eigenvalue weighted by Crippen LogP contribution is -2.09. The van der Waals surface area contributed by atoms with Crippen molar-refractivity contribution in [3.8, 4) is 0 Å².